The first-order valence-corrected chi connectivity index (χ1v) is 16.9. The number of carbonyl (C=O) groups is 3. The van der Waals surface area contributed by atoms with Crippen LogP contribution < -0.4 is 5.32 Å². The standard InChI is InChI=1S/C21H30N2O3.C16H22N2O.V/c1-21(2,3)26-20(25)23-13-11-16(12-14-23)15-5-7-17(8-6-15)19(24)22(4)18-9-10-18;1-18(15-6-7-15)16(19)14-4-2-12(3-5-14)13-8-10-17-11-9-13;/h5-8,16,18H,9-14H2,1-4H3;2-5,13,15,17H,6-11H2,1H3;. The van der Waals surface area contributed by atoms with E-state index in [1.165, 1.54) is 24.0 Å². The SMILES string of the molecule is CN(C(=O)c1ccc(C2CCN(C(=O)OC(C)(C)C)CC2)cc1)C1CC1.CN(C(=O)c1ccc(C2CCNCC2)cc1)C1CC1.[V]. The van der Waals surface area contributed by atoms with Crippen LogP contribution in [-0.4, -0.2) is 90.6 Å². The number of likely N-dealkylation sites (tertiary alicyclic amines) is 1. The van der Waals surface area contributed by atoms with Crippen molar-refractivity contribution in [3.8, 4) is 0 Å². The van der Waals surface area contributed by atoms with Crippen molar-refractivity contribution in [2.45, 2.75) is 102 Å². The Morgan fingerprint density at radius 1 is 0.674 bits per heavy atom. The van der Waals surface area contributed by atoms with Gasteiger partial charge >= 0.3 is 6.09 Å². The summed E-state index contributed by atoms with van der Waals surface area (Å²) in [7, 11) is 3.81. The van der Waals surface area contributed by atoms with Crippen LogP contribution in [0.3, 0.4) is 0 Å². The van der Waals surface area contributed by atoms with Crippen LogP contribution in [-0.2, 0) is 23.3 Å². The maximum absolute atomic E-state index is 12.4. The van der Waals surface area contributed by atoms with Gasteiger partial charge in [0.25, 0.3) is 11.8 Å². The zero-order valence-corrected chi connectivity index (χ0v) is 29.7. The zero-order valence-electron chi connectivity index (χ0n) is 28.3. The second-order valence-corrected chi connectivity index (χ2v) is 14.3. The number of ether oxygens (including phenoxy) is 1. The van der Waals surface area contributed by atoms with Crippen molar-refractivity contribution in [3.63, 3.8) is 0 Å². The first-order valence-electron chi connectivity index (χ1n) is 16.9. The first-order chi connectivity index (χ1) is 21.5. The van der Waals surface area contributed by atoms with Crippen molar-refractivity contribution in [1.82, 2.24) is 20.0 Å². The summed E-state index contributed by atoms with van der Waals surface area (Å²) in [6.07, 6.45) is 8.60. The minimum absolute atomic E-state index is 0. The molecule has 4 fully saturated rings. The number of amides is 3. The van der Waals surface area contributed by atoms with Gasteiger partial charge in [-0.25, -0.2) is 4.79 Å². The van der Waals surface area contributed by atoms with E-state index in [-0.39, 0.29) is 36.5 Å². The molecule has 2 aliphatic heterocycles. The quantitative estimate of drug-likeness (QED) is 0.385. The van der Waals surface area contributed by atoms with Crippen LogP contribution in [0.5, 0.6) is 0 Å². The fourth-order valence-electron chi connectivity index (χ4n) is 6.34. The summed E-state index contributed by atoms with van der Waals surface area (Å²) < 4.78 is 5.45. The second-order valence-electron chi connectivity index (χ2n) is 14.3. The molecular weight excluding hydrogens is 615 g/mol. The van der Waals surface area contributed by atoms with E-state index in [2.05, 4.69) is 29.6 Å². The summed E-state index contributed by atoms with van der Waals surface area (Å²) in [5, 5.41) is 3.39. The summed E-state index contributed by atoms with van der Waals surface area (Å²) >= 11 is 0. The molecule has 8 nitrogen and oxygen atoms in total. The summed E-state index contributed by atoms with van der Waals surface area (Å²) in [4.78, 5) is 42.3. The Morgan fingerprint density at radius 2 is 1.07 bits per heavy atom. The molecule has 0 unspecified atom stereocenters. The Labute approximate surface area is 287 Å². The first kappa shape index (κ1) is 36.0. The summed E-state index contributed by atoms with van der Waals surface area (Å²) in [5.74, 6) is 1.36. The molecule has 0 spiro atoms. The van der Waals surface area contributed by atoms with Gasteiger partial charge in [0, 0.05) is 69.0 Å². The third-order valence-electron chi connectivity index (χ3n) is 9.57. The molecule has 6 rings (SSSR count). The number of rotatable bonds is 6. The van der Waals surface area contributed by atoms with Gasteiger partial charge in [0.15, 0.2) is 0 Å². The van der Waals surface area contributed by atoms with Gasteiger partial charge in [-0.1, -0.05) is 24.3 Å². The third kappa shape index (κ3) is 9.85. The van der Waals surface area contributed by atoms with Gasteiger partial charge in [0.05, 0.1) is 0 Å². The molecule has 2 aliphatic carbocycles. The molecule has 1 radical (unpaired) electrons. The van der Waals surface area contributed by atoms with Crippen LogP contribution in [0.1, 0.15) is 116 Å². The van der Waals surface area contributed by atoms with E-state index in [4.69, 9.17) is 4.74 Å². The molecule has 4 aliphatic rings. The maximum Gasteiger partial charge on any atom is 0.410 e. The minimum atomic E-state index is -0.454. The molecule has 1 N–H and O–H groups in total. The minimum Gasteiger partial charge on any atom is -0.444 e. The molecular formula is C37H52N4O4V. The van der Waals surface area contributed by atoms with Crippen molar-refractivity contribution < 1.29 is 37.7 Å². The van der Waals surface area contributed by atoms with Crippen LogP contribution in [0.25, 0.3) is 0 Å². The van der Waals surface area contributed by atoms with Crippen molar-refractivity contribution in [2.75, 3.05) is 40.3 Å². The number of carbonyl (C=O) groups excluding carboxylic acids is 3. The van der Waals surface area contributed by atoms with E-state index < -0.39 is 5.60 Å². The largest absolute Gasteiger partial charge is 0.444 e. The van der Waals surface area contributed by atoms with Crippen LogP contribution in [0.4, 0.5) is 4.79 Å². The number of hydrogen-bond acceptors (Lipinski definition) is 5. The molecule has 2 heterocycles. The molecule has 0 bridgehead atoms. The molecule has 3 amide bonds. The summed E-state index contributed by atoms with van der Waals surface area (Å²) in [5.41, 5.74) is 3.76. The van der Waals surface area contributed by atoms with Gasteiger partial charge in [-0.15, -0.1) is 0 Å². The van der Waals surface area contributed by atoms with Crippen LogP contribution in [0.2, 0.25) is 0 Å². The number of hydrogen-bond donors (Lipinski definition) is 1. The van der Waals surface area contributed by atoms with E-state index in [0.29, 0.717) is 37.0 Å². The Morgan fingerprint density at radius 3 is 1.43 bits per heavy atom. The van der Waals surface area contributed by atoms with Gasteiger partial charge in [-0.3, -0.25) is 9.59 Å². The number of benzene rings is 2. The van der Waals surface area contributed by atoms with E-state index in [0.717, 1.165) is 62.7 Å². The van der Waals surface area contributed by atoms with Crippen LogP contribution in [0, 0.1) is 0 Å². The van der Waals surface area contributed by atoms with Crippen molar-refractivity contribution in [3.05, 3.63) is 70.8 Å². The molecule has 0 atom stereocenters. The molecule has 2 aromatic rings. The summed E-state index contributed by atoms with van der Waals surface area (Å²) in [6.45, 7) is 9.31. The van der Waals surface area contributed by atoms with Gasteiger partial charge < -0.3 is 24.8 Å². The zero-order chi connectivity index (χ0) is 32.1. The predicted octanol–water partition coefficient (Wildman–Crippen LogP) is 6.42. The van der Waals surface area contributed by atoms with Crippen LogP contribution >= 0.6 is 0 Å². The van der Waals surface area contributed by atoms with E-state index in [9.17, 15) is 14.4 Å². The summed E-state index contributed by atoms with van der Waals surface area (Å²) in [6, 6.07) is 17.2. The Balaban J connectivity index is 0.000000213. The average molecular weight is 668 g/mol. The fraction of sp³-hybridized carbons (Fsp3) is 0.595. The molecule has 2 saturated carbocycles. The van der Waals surface area contributed by atoms with Crippen molar-refractivity contribution in [1.29, 1.82) is 0 Å². The maximum atomic E-state index is 12.4. The fourth-order valence-corrected chi connectivity index (χ4v) is 6.34. The van der Waals surface area contributed by atoms with Crippen molar-refractivity contribution in [2.24, 2.45) is 0 Å². The Hall–Kier alpha value is -2.81. The van der Waals surface area contributed by atoms with E-state index in [1.807, 2.05) is 68.9 Å². The predicted molar refractivity (Wildman–Crippen MR) is 178 cm³/mol. The molecule has 2 saturated heterocycles. The monoisotopic (exact) mass is 667 g/mol. The van der Waals surface area contributed by atoms with Gasteiger partial charge in [0.1, 0.15) is 5.60 Å². The number of nitrogens with zero attached hydrogens (tertiary/aromatic N) is 3. The van der Waals surface area contributed by atoms with Crippen LogP contribution in [0.15, 0.2) is 48.5 Å². The van der Waals surface area contributed by atoms with Gasteiger partial charge in [-0.05, 0) is 132 Å². The van der Waals surface area contributed by atoms with Gasteiger partial charge in [-0.2, -0.15) is 0 Å². The number of nitrogens with one attached hydrogen (secondary N) is 1. The second kappa shape index (κ2) is 15.9. The van der Waals surface area contributed by atoms with Crippen molar-refractivity contribution >= 4 is 17.9 Å². The smallest absolute Gasteiger partial charge is 0.410 e. The average Bonchev–Trinajstić information content (AvgIpc) is 3.98. The topological polar surface area (TPSA) is 82.2 Å². The molecule has 46 heavy (non-hydrogen) atoms. The number of piperidine rings is 2. The molecule has 249 valence electrons. The molecule has 0 aromatic heterocycles. The molecule has 2 aromatic carbocycles. The Kier molecular flexibility index (Phi) is 12.4. The van der Waals surface area contributed by atoms with E-state index >= 15 is 0 Å². The normalized spacial score (nSPS) is 18.8. The molecule has 9 heteroatoms. The van der Waals surface area contributed by atoms with Gasteiger partial charge in [0.2, 0.25) is 0 Å². The Bertz CT molecular complexity index is 1300. The third-order valence-corrected chi connectivity index (χ3v) is 9.57. The van der Waals surface area contributed by atoms with E-state index in [1.54, 1.807) is 4.90 Å².